The average molecular weight is 349 g/mol. The molecule has 1 unspecified atom stereocenters. The molecular weight excluding hydrogens is 332 g/mol. The molecule has 0 spiro atoms. The lowest BCUT2D eigenvalue weighted by Gasteiger charge is -2.44. The number of benzene rings is 1. The Labute approximate surface area is 131 Å². The summed E-state index contributed by atoms with van der Waals surface area (Å²) in [7, 11) is 0. The number of halogens is 1. The van der Waals surface area contributed by atoms with Crippen molar-refractivity contribution < 1.29 is 9.21 Å². The molecule has 3 fully saturated rings. The second-order valence-electron chi connectivity index (χ2n) is 6.01. The van der Waals surface area contributed by atoms with Gasteiger partial charge in [-0.1, -0.05) is 15.9 Å². The number of hydrogen-bond acceptors (Lipinski definition) is 3. The second kappa shape index (κ2) is 5.14. The summed E-state index contributed by atoms with van der Waals surface area (Å²) in [5.41, 5.74) is 0.747. The van der Waals surface area contributed by atoms with Crippen LogP contribution in [0.2, 0.25) is 0 Å². The highest BCUT2D eigenvalue weighted by molar-refractivity contribution is 9.10. The fraction of sp³-hybridized carbons (Fsp3) is 0.438. The summed E-state index contributed by atoms with van der Waals surface area (Å²) in [6.45, 7) is 3.33. The molecule has 5 heteroatoms. The van der Waals surface area contributed by atoms with E-state index in [9.17, 15) is 4.79 Å². The van der Waals surface area contributed by atoms with E-state index >= 15 is 0 Å². The van der Waals surface area contributed by atoms with Crippen LogP contribution < -0.4 is 5.32 Å². The molecule has 1 amide bonds. The van der Waals surface area contributed by atoms with Gasteiger partial charge in [0.05, 0.1) is 0 Å². The lowest BCUT2D eigenvalue weighted by molar-refractivity contribution is 0.0607. The van der Waals surface area contributed by atoms with Gasteiger partial charge in [0.15, 0.2) is 5.76 Å². The molecule has 21 heavy (non-hydrogen) atoms. The summed E-state index contributed by atoms with van der Waals surface area (Å²) < 4.78 is 6.65. The van der Waals surface area contributed by atoms with Gasteiger partial charge in [-0.2, -0.15) is 0 Å². The fourth-order valence-electron chi connectivity index (χ4n) is 3.49. The molecule has 3 aliphatic rings. The number of amides is 1. The van der Waals surface area contributed by atoms with Crippen LogP contribution in [0.25, 0.3) is 11.0 Å². The first kappa shape index (κ1) is 13.3. The van der Waals surface area contributed by atoms with Crippen LogP contribution in [0.4, 0.5) is 0 Å². The molecule has 2 aromatic rings. The van der Waals surface area contributed by atoms with E-state index < -0.39 is 0 Å². The maximum absolute atomic E-state index is 12.4. The molecule has 1 N–H and O–H groups in total. The molecule has 1 aromatic carbocycles. The van der Waals surface area contributed by atoms with Crippen LogP contribution in [0, 0.1) is 5.92 Å². The Morgan fingerprint density at radius 2 is 2.10 bits per heavy atom. The molecule has 5 rings (SSSR count). The number of carbonyl (C=O) groups excluding carboxylic acids is 1. The number of nitrogens with zero attached hydrogens (tertiary/aromatic N) is 1. The maximum Gasteiger partial charge on any atom is 0.287 e. The normalized spacial score (nSPS) is 28.0. The zero-order valence-corrected chi connectivity index (χ0v) is 13.2. The van der Waals surface area contributed by atoms with Crippen molar-refractivity contribution in [1.82, 2.24) is 10.2 Å². The van der Waals surface area contributed by atoms with E-state index in [1.807, 2.05) is 24.3 Å². The third-order valence-electron chi connectivity index (χ3n) is 4.67. The quantitative estimate of drug-likeness (QED) is 0.907. The van der Waals surface area contributed by atoms with Crippen molar-refractivity contribution in [3.8, 4) is 0 Å². The first-order valence-electron chi connectivity index (χ1n) is 7.41. The van der Waals surface area contributed by atoms with Crippen molar-refractivity contribution in [2.45, 2.75) is 18.9 Å². The van der Waals surface area contributed by atoms with Gasteiger partial charge in [0.1, 0.15) is 5.58 Å². The van der Waals surface area contributed by atoms with Crippen LogP contribution in [0.3, 0.4) is 0 Å². The molecule has 110 valence electrons. The summed E-state index contributed by atoms with van der Waals surface area (Å²) >= 11 is 3.43. The SMILES string of the molecule is O=C(NC1CN2CCC1CC2)c1cc2cc(Br)ccc2o1. The summed E-state index contributed by atoms with van der Waals surface area (Å²) in [6, 6.07) is 7.84. The van der Waals surface area contributed by atoms with E-state index in [0.29, 0.717) is 11.7 Å². The Bertz CT molecular complexity index is 689. The molecule has 0 aliphatic carbocycles. The highest BCUT2D eigenvalue weighted by Gasteiger charge is 2.35. The monoisotopic (exact) mass is 348 g/mol. The Kier molecular flexibility index (Phi) is 3.27. The second-order valence-corrected chi connectivity index (χ2v) is 6.93. The van der Waals surface area contributed by atoms with Crippen LogP contribution >= 0.6 is 15.9 Å². The number of rotatable bonds is 2. The van der Waals surface area contributed by atoms with Crippen LogP contribution in [-0.2, 0) is 0 Å². The lowest BCUT2D eigenvalue weighted by Crippen LogP contribution is -2.57. The topological polar surface area (TPSA) is 45.5 Å². The minimum Gasteiger partial charge on any atom is -0.451 e. The van der Waals surface area contributed by atoms with Gasteiger partial charge in [-0.3, -0.25) is 4.79 Å². The smallest absolute Gasteiger partial charge is 0.287 e. The number of fused-ring (bicyclic) bond motifs is 4. The van der Waals surface area contributed by atoms with Gasteiger partial charge in [0.25, 0.3) is 5.91 Å². The largest absolute Gasteiger partial charge is 0.451 e. The molecule has 2 bridgehead atoms. The van der Waals surface area contributed by atoms with Gasteiger partial charge in [-0.15, -0.1) is 0 Å². The Balaban J connectivity index is 1.53. The molecule has 3 saturated heterocycles. The Hall–Kier alpha value is -1.33. The molecule has 0 saturated carbocycles. The predicted octanol–water partition coefficient (Wildman–Crippen LogP) is 3.02. The minimum atomic E-state index is -0.0962. The van der Waals surface area contributed by atoms with Crippen molar-refractivity contribution in [3.63, 3.8) is 0 Å². The summed E-state index contributed by atoms with van der Waals surface area (Å²) in [5.74, 6) is 0.929. The van der Waals surface area contributed by atoms with E-state index in [-0.39, 0.29) is 11.9 Å². The van der Waals surface area contributed by atoms with Crippen molar-refractivity contribution in [2.24, 2.45) is 5.92 Å². The van der Waals surface area contributed by atoms with Crippen LogP contribution in [0.1, 0.15) is 23.4 Å². The third-order valence-corrected chi connectivity index (χ3v) is 5.17. The van der Waals surface area contributed by atoms with Crippen LogP contribution in [-0.4, -0.2) is 36.5 Å². The van der Waals surface area contributed by atoms with Crippen molar-refractivity contribution in [3.05, 3.63) is 34.5 Å². The fourth-order valence-corrected chi connectivity index (χ4v) is 3.87. The summed E-state index contributed by atoms with van der Waals surface area (Å²) in [6.07, 6.45) is 2.38. The average Bonchev–Trinajstić information content (AvgIpc) is 2.91. The molecule has 1 aromatic heterocycles. The Morgan fingerprint density at radius 1 is 1.29 bits per heavy atom. The summed E-state index contributed by atoms with van der Waals surface area (Å²) in [5, 5.41) is 4.10. The molecular formula is C16H17BrN2O2. The van der Waals surface area contributed by atoms with Crippen molar-refractivity contribution in [1.29, 1.82) is 0 Å². The van der Waals surface area contributed by atoms with Gasteiger partial charge in [-0.05, 0) is 56.1 Å². The van der Waals surface area contributed by atoms with Crippen molar-refractivity contribution >= 4 is 32.8 Å². The number of hydrogen-bond donors (Lipinski definition) is 1. The van der Waals surface area contributed by atoms with Crippen LogP contribution in [0.15, 0.2) is 33.2 Å². The van der Waals surface area contributed by atoms with E-state index in [4.69, 9.17) is 4.42 Å². The zero-order valence-electron chi connectivity index (χ0n) is 11.6. The molecule has 1 atom stereocenters. The molecule has 4 heterocycles. The minimum absolute atomic E-state index is 0.0962. The first-order valence-corrected chi connectivity index (χ1v) is 8.21. The molecule has 4 nitrogen and oxygen atoms in total. The predicted molar refractivity (Wildman–Crippen MR) is 84.3 cm³/mol. The van der Waals surface area contributed by atoms with E-state index in [1.165, 1.54) is 25.9 Å². The van der Waals surface area contributed by atoms with Gasteiger partial charge in [-0.25, -0.2) is 0 Å². The highest BCUT2D eigenvalue weighted by atomic mass is 79.9. The third kappa shape index (κ3) is 2.49. The lowest BCUT2D eigenvalue weighted by atomic mass is 9.84. The Morgan fingerprint density at radius 3 is 2.81 bits per heavy atom. The van der Waals surface area contributed by atoms with Crippen molar-refractivity contribution in [2.75, 3.05) is 19.6 Å². The van der Waals surface area contributed by atoms with E-state index in [2.05, 4.69) is 26.1 Å². The highest BCUT2D eigenvalue weighted by Crippen LogP contribution is 2.28. The number of furan rings is 1. The van der Waals surface area contributed by atoms with Gasteiger partial charge in [0, 0.05) is 22.4 Å². The summed E-state index contributed by atoms with van der Waals surface area (Å²) in [4.78, 5) is 14.8. The standard InChI is InChI=1S/C16H17BrN2O2/c17-12-1-2-14-11(7-12)8-15(21-14)16(20)18-13-9-19-5-3-10(13)4-6-19/h1-2,7-8,10,13H,3-6,9H2,(H,18,20). The van der Waals surface area contributed by atoms with Gasteiger partial charge >= 0.3 is 0 Å². The van der Waals surface area contributed by atoms with E-state index in [0.717, 1.165) is 22.0 Å². The molecule has 0 radical (unpaired) electrons. The maximum atomic E-state index is 12.4. The number of carbonyl (C=O) groups is 1. The van der Waals surface area contributed by atoms with Crippen LogP contribution in [0.5, 0.6) is 0 Å². The van der Waals surface area contributed by atoms with Gasteiger partial charge in [0.2, 0.25) is 0 Å². The first-order chi connectivity index (χ1) is 10.2. The van der Waals surface area contributed by atoms with E-state index in [1.54, 1.807) is 0 Å². The van der Waals surface area contributed by atoms with Gasteiger partial charge < -0.3 is 14.6 Å². The number of nitrogens with one attached hydrogen (secondary N) is 1. The zero-order chi connectivity index (χ0) is 14.4. The number of piperidine rings is 3. The molecule has 3 aliphatic heterocycles.